The Hall–Kier alpha value is -2.01. The van der Waals surface area contributed by atoms with E-state index in [2.05, 4.69) is 0 Å². The number of rotatable bonds is 4. The van der Waals surface area contributed by atoms with Gasteiger partial charge in [-0.15, -0.1) is 11.3 Å². The van der Waals surface area contributed by atoms with Crippen LogP contribution >= 0.6 is 11.3 Å². The molecule has 2 rings (SSSR count). The van der Waals surface area contributed by atoms with Gasteiger partial charge in [-0.1, -0.05) is 12.1 Å². The summed E-state index contributed by atoms with van der Waals surface area (Å²) in [6.45, 7) is 0.326. The summed E-state index contributed by atoms with van der Waals surface area (Å²) >= 11 is 1.55. The molecule has 0 radical (unpaired) electrons. The molecule has 2 aromatic rings. The van der Waals surface area contributed by atoms with Crippen molar-refractivity contribution in [3.8, 4) is 5.75 Å². The number of ether oxygens (including phenoxy) is 1. The SMILES string of the molecule is Nc1cccc(C(=O)O)c1OCc1cccs1. The number of carbonyl (C=O) groups is 1. The third-order valence-electron chi connectivity index (χ3n) is 2.21. The summed E-state index contributed by atoms with van der Waals surface area (Å²) in [5.74, 6) is -0.813. The summed E-state index contributed by atoms with van der Waals surface area (Å²) in [4.78, 5) is 12.0. The molecule has 1 heterocycles. The average Bonchev–Trinajstić information content (AvgIpc) is 2.80. The van der Waals surface area contributed by atoms with E-state index in [0.29, 0.717) is 12.3 Å². The molecule has 0 aliphatic rings. The Labute approximate surface area is 102 Å². The zero-order chi connectivity index (χ0) is 12.3. The lowest BCUT2D eigenvalue weighted by molar-refractivity contribution is 0.0692. The normalized spacial score (nSPS) is 10.1. The van der Waals surface area contributed by atoms with Crippen LogP contribution in [-0.2, 0) is 6.61 Å². The van der Waals surface area contributed by atoms with Gasteiger partial charge in [0.15, 0.2) is 5.75 Å². The van der Waals surface area contributed by atoms with Gasteiger partial charge in [0.05, 0.1) is 5.69 Å². The fraction of sp³-hybridized carbons (Fsp3) is 0.0833. The van der Waals surface area contributed by atoms with Crippen LogP contribution in [0.15, 0.2) is 35.7 Å². The molecule has 5 heteroatoms. The molecule has 0 atom stereocenters. The van der Waals surface area contributed by atoms with Gasteiger partial charge < -0.3 is 15.6 Å². The number of anilines is 1. The summed E-state index contributed by atoms with van der Waals surface area (Å²) in [5, 5.41) is 11.0. The van der Waals surface area contributed by atoms with Crippen molar-refractivity contribution in [2.75, 3.05) is 5.73 Å². The molecule has 17 heavy (non-hydrogen) atoms. The van der Waals surface area contributed by atoms with Crippen LogP contribution in [0.4, 0.5) is 5.69 Å². The highest BCUT2D eigenvalue weighted by molar-refractivity contribution is 7.09. The van der Waals surface area contributed by atoms with Crippen molar-refractivity contribution in [1.29, 1.82) is 0 Å². The average molecular weight is 249 g/mol. The highest BCUT2D eigenvalue weighted by Crippen LogP contribution is 2.27. The molecular formula is C12H11NO3S. The van der Waals surface area contributed by atoms with Gasteiger partial charge in [0.1, 0.15) is 12.2 Å². The van der Waals surface area contributed by atoms with Crippen molar-refractivity contribution in [2.45, 2.75) is 6.61 Å². The Morgan fingerprint density at radius 1 is 1.35 bits per heavy atom. The third kappa shape index (κ3) is 2.57. The Kier molecular flexibility index (Phi) is 3.30. The van der Waals surface area contributed by atoms with E-state index >= 15 is 0 Å². The molecule has 0 aliphatic carbocycles. The maximum Gasteiger partial charge on any atom is 0.339 e. The first kappa shape index (κ1) is 11.5. The minimum absolute atomic E-state index is 0.0848. The van der Waals surface area contributed by atoms with E-state index in [1.165, 1.54) is 6.07 Å². The van der Waals surface area contributed by atoms with E-state index in [0.717, 1.165) is 4.88 Å². The number of aromatic carboxylic acids is 1. The van der Waals surface area contributed by atoms with Gasteiger partial charge in [0.25, 0.3) is 0 Å². The zero-order valence-corrected chi connectivity index (χ0v) is 9.74. The van der Waals surface area contributed by atoms with Gasteiger partial charge in [-0.05, 0) is 23.6 Å². The second-order valence-electron chi connectivity index (χ2n) is 3.40. The minimum Gasteiger partial charge on any atom is -0.485 e. The lowest BCUT2D eigenvalue weighted by atomic mass is 10.2. The Bertz CT molecular complexity index is 523. The first-order valence-corrected chi connectivity index (χ1v) is 5.83. The second-order valence-corrected chi connectivity index (χ2v) is 4.43. The number of para-hydroxylation sites is 1. The molecule has 1 aromatic heterocycles. The molecule has 0 aliphatic heterocycles. The Morgan fingerprint density at radius 3 is 2.82 bits per heavy atom. The molecule has 0 spiro atoms. The van der Waals surface area contributed by atoms with Gasteiger partial charge in [-0.25, -0.2) is 4.79 Å². The number of hydrogen-bond donors (Lipinski definition) is 2. The van der Waals surface area contributed by atoms with E-state index in [-0.39, 0.29) is 11.3 Å². The number of nitrogen functional groups attached to an aromatic ring is 1. The summed E-state index contributed by atoms with van der Waals surface area (Å²) in [6, 6.07) is 8.52. The van der Waals surface area contributed by atoms with E-state index < -0.39 is 5.97 Å². The quantitative estimate of drug-likeness (QED) is 0.817. The molecule has 1 aromatic carbocycles. The number of nitrogens with two attached hydrogens (primary N) is 1. The van der Waals surface area contributed by atoms with Crippen LogP contribution in [0.1, 0.15) is 15.2 Å². The van der Waals surface area contributed by atoms with Gasteiger partial charge in [-0.2, -0.15) is 0 Å². The van der Waals surface area contributed by atoms with Gasteiger partial charge in [-0.3, -0.25) is 0 Å². The number of thiophene rings is 1. The van der Waals surface area contributed by atoms with Crippen LogP contribution in [-0.4, -0.2) is 11.1 Å². The fourth-order valence-electron chi connectivity index (χ4n) is 1.42. The highest BCUT2D eigenvalue weighted by Gasteiger charge is 2.14. The molecule has 4 nitrogen and oxygen atoms in total. The number of hydrogen-bond acceptors (Lipinski definition) is 4. The van der Waals surface area contributed by atoms with Crippen LogP contribution in [0.2, 0.25) is 0 Å². The Balaban J connectivity index is 2.22. The van der Waals surface area contributed by atoms with E-state index in [1.807, 2.05) is 17.5 Å². The lowest BCUT2D eigenvalue weighted by Crippen LogP contribution is -2.05. The van der Waals surface area contributed by atoms with Crippen molar-refractivity contribution in [2.24, 2.45) is 0 Å². The predicted octanol–water partition coefficient (Wildman–Crippen LogP) is 2.61. The molecule has 0 saturated heterocycles. The summed E-state index contributed by atoms with van der Waals surface area (Å²) < 4.78 is 5.48. The van der Waals surface area contributed by atoms with Gasteiger partial charge in [0.2, 0.25) is 0 Å². The molecule has 3 N–H and O–H groups in total. The number of carboxylic acid groups (broad SMARTS) is 1. The van der Waals surface area contributed by atoms with Gasteiger partial charge in [0, 0.05) is 4.88 Å². The van der Waals surface area contributed by atoms with Crippen molar-refractivity contribution in [1.82, 2.24) is 0 Å². The van der Waals surface area contributed by atoms with E-state index in [9.17, 15) is 4.79 Å². The topological polar surface area (TPSA) is 72.6 Å². The van der Waals surface area contributed by atoms with E-state index in [4.69, 9.17) is 15.6 Å². The maximum absolute atomic E-state index is 11.0. The summed E-state index contributed by atoms with van der Waals surface area (Å²) in [5.41, 5.74) is 6.13. The third-order valence-corrected chi connectivity index (χ3v) is 3.06. The predicted molar refractivity (Wildman–Crippen MR) is 66.5 cm³/mol. The molecule has 0 fully saturated rings. The smallest absolute Gasteiger partial charge is 0.339 e. The second kappa shape index (κ2) is 4.88. The van der Waals surface area contributed by atoms with Crippen molar-refractivity contribution in [3.05, 3.63) is 46.2 Å². The molecule has 0 bridgehead atoms. The first-order chi connectivity index (χ1) is 8.18. The van der Waals surface area contributed by atoms with E-state index in [1.54, 1.807) is 23.5 Å². The number of carboxylic acids is 1. The summed E-state index contributed by atoms with van der Waals surface area (Å²) in [7, 11) is 0. The lowest BCUT2D eigenvalue weighted by Gasteiger charge is -2.10. The highest BCUT2D eigenvalue weighted by atomic mass is 32.1. The van der Waals surface area contributed by atoms with Crippen LogP contribution in [0.5, 0.6) is 5.75 Å². The van der Waals surface area contributed by atoms with Crippen LogP contribution < -0.4 is 10.5 Å². The Morgan fingerprint density at radius 2 is 2.18 bits per heavy atom. The largest absolute Gasteiger partial charge is 0.485 e. The van der Waals surface area contributed by atoms with Gasteiger partial charge >= 0.3 is 5.97 Å². The van der Waals surface area contributed by atoms with Crippen molar-refractivity contribution < 1.29 is 14.6 Å². The molecule has 0 amide bonds. The van der Waals surface area contributed by atoms with Crippen molar-refractivity contribution >= 4 is 23.0 Å². The van der Waals surface area contributed by atoms with Crippen LogP contribution in [0.25, 0.3) is 0 Å². The first-order valence-electron chi connectivity index (χ1n) is 4.95. The molecular weight excluding hydrogens is 238 g/mol. The van der Waals surface area contributed by atoms with Crippen LogP contribution in [0, 0.1) is 0 Å². The fourth-order valence-corrected chi connectivity index (χ4v) is 2.04. The minimum atomic E-state index is -1.04. The molecule has 88 valence electrons. The molecule has 0 unspecified atom stereocenters. The van der Waals surface area contributed by atoms with Crippen molar-refractivity contribution in [3.63, 3.8) is 0 Å². The maximum atomic E-state index is 11.0. The van der Waals surface area contributed by atoms with Crippen LogP contribution in [0.3, 0.4) is 0 Å². The molecule has 0 saturated carbocycles. The zero-order valence-electron chi connectivity index (χ0n) is 8.92. The standard InChI is InChI=1S/C12H11NO3S/c13-10-5-1-4-9(12(14)15)11(10)16-7-8-3-2-6-17-8/h1-6H,7,13H2,(H,14,15). The number of benzene rings is 1. The summed E-state index contributed by atoms with van der Waals surface area (Å²) in [6.07, 6.45) is 0. The monoisotopic (exact) mass is 249 g/mol.